The molecule has 0 aliphatic heterocycles. The van der Waals surface area contributed by atoms with Crippen molar-refractivity contribution < 1.29 is 23.1 Å². The molecule has 116 valence electrons. The maximum atomic E-state index is 11.4. The van der Waals surface area contributed by atoms with Crippen LogP contribution in [-0.2, 0) is 26.0 Å². The summed E-state index contributed by atoms with van der Waals surface area (Å²) in [6, 6.07) is 6.10. The Morgan fingerprint density at radius 2 is 1.76 bits per heavy atom. The summed E-state index contributed by atoms with van der Waals surface area (Å²) in [5, 5.41) is 16.1. The van der Waals surface area contributed by atoms with Gasteiger partial charge in [0.25, 0.3) is 0 Å². The van der Waals surface area contributed by atoms with Crippen LogP contribution in [-0.4, -0.2) is 31.9 Å². The lowest BCUT2D eigenvalue weighted by Crippen LogP contribution is -2.25. The number of sulfonamides is 1. The first kappa shape index (κ1) is 17.1. The van der Waals surface area contributed by atoms with Crippen LogP contribution in [0, 0.1) is 0 Å². The van der Waals surface area contributed by atoms with Crippen molar-refractivity contribution in [3.63, 3.8) is 0 Å². The molecular formula is C13H18N2O5S. The summed E-state index contributed by atoms with van der Waals surface area (Å²) in [7, 11) is -3.69. The molecule has 7 nitrogen and oxygen atoms in total. The summed E-state index contributed by atoms with van der Waals surface area (Å²) in [5.41, 5.74) is 0.869. The Kier molecular flexibility index (Phi) is 6.32. The van der Waals surface area contributed by atoms with Crippen molar-refractivity contribution in [3.05, 3.63) is 29.8 Å². The van der Waals surface area contributed by atoms with Crippen molar-refractivity contribution in [1.29, 1.82) is 0 Å². The molecule has 0 aliphatic rings. The van der Waals surface area contributed by atoms with Crippen LogP contribution in [0.5, 0.6) is 0 Å². The summed E-state index contributed by atoms with van der Waals surface area (Å²) in [6.45, 7) is 0.403. The fraction of sp³-hybridized carbons (Fsp3) is 0.385. The summed E-state index contributed by atoms with van der Waals surface area (Å²) >= 11 is 0. The monoisotopic (exact) mass is 314 g/mol. The number of benzene rings is 1. The number of hydrogen-bond acceptors (Lipinski definition) is 4. The van der Waals surface area contributed by atoms with Gasteiger partial charge >= 0.3 is 5.97 Å². The van der Waals surface area contributed by atoms with E-state index in [2.05, 4.69) is 5.32 Å². The van der Waals surface area contributed by atoms with E-state index >= 15 is 0 Å². The molecular weight excluding hydrogens is 296 g/mol. The van der Waals surface area contributed by atoms with E-state index in [0.717, 1.165) is 5.56 Å². The quantitative estimate of drug-likeness (QED) is 0.634. The third-order valence-corrected chi connectivity index (χ3v) is 3.71. The summed E-state index contributed by atoms with van der Waals surface area (Å²) in [6.07, 6.45) is 1.01. The van der Waals surface area contributed by atoms with Gasteiger partial charge in [-0.15, -0.1) is 0 Å². The molecule has 1 aromatic rings. The zero-order valence-electron chi connectivity index (χ0n) is 11.4. The van der Waals surface area contributed by atoms with Crippen molar-refractivity contribution >= 4 is 21.9 Å². The second-order valence-corrected chi connectivity index (χ2v) is 6.10. The smallest absolute Gasteiger partial charge is 0.303 e. The second kappa shape index (κ2) is 7.75. The van der Waals surface area contributed by atoms with Gasteiger partial charge in [0.1, 0.15) is 0 Å². The van der Waals surface area contributed by atoms with Crippen molar-refractivity contribution in [2.75, 3.05) is 6.54 Å². The molecule has 0 spiro atoms. The van der Waals surface area contributed by atoms with Crippen LogP contribution < -0.4 is 10.5 Å². The van der Waals surface area contributed by atoms with Crippen molar-refractivity contribution in [1.82, 2.24) is 5.32 Å². The molecule has 4 N–H and O–H groups in total. The molecule has 8 heteroatoms. The van der Waals surface area contributed by atoms with E-state index in [0.29, 0.717) is 19.4 Å². The number of nitrogens with one attached hydrogen (secondary N) is 1. The zero-order chi connectivity index (χ0) is 15.9. The number of aliphatic carboxylic acids is 1. The van der Waals surface area contributed by atoms with Gasteiger partial charge in [-0.3, -0.25) is 9.59 Å². The second-order valence-electron chi connectivity index (χ2n) is 4.54. The normalized spacial score (nSPS) is 11.1. The van der Waals surface area contributed by atoms with Crippen molar-refractivity contribution in [3.8, 4) is 0 Å². The summed E-state index contributed by atoms with van der Waals surface area (Å²) in [5.74, 6) is -1.12. The minimum Gasteiger partial charge on any atom is -0.481 e. The van der Waals surface area contributed by atoms with Gasteiger partial charge in [0.15, 0.2) is 0 Å². The molecule has 0 fully saturated rings. The summed E-state index contributed by atoms with van der Waals surface area (Å²) < 4.78 is 22.1. The lowest BCUT2D eigenvalue weighted by Gasteiger charge is -2.05. The molecule has 1 aromatic carbocycles. The van der Waals surface area contributed by atoms with Crippen LogP contribution in [0.25, 0.3) is 0 Å². The van der Waals surface area contributed by atoms with Crippen LogP contribution in [0.1, 0.15) is 24.8 Å². The molecule has 0 bridgehead atoms. The fourth-order valence-corrected chi connectivity index (χ4v) is 2.20. The van der Waals surface area contributed by atoms with Crippen molar-refractivity contribution in [2.24, 2.45) is 5.14 Å². The van der Waals surface area contributed by atoms with Gasteiger partial charge in [-0.25, -0.2) is 13.6 Å². The number of carboxylic acid groups (broad SMARTS) is 1. The fourth-order valence-electron chi connectivity index (χ4n) is 1.68. The molecule has 0 heterocycles. The first-order valence-electron chi connectivity index (χ1n) is 6.39. The molecule has 0 aliphatic carbocycles. The maximum absolute atomic E-state index is 11.4. The van der Waals surface area contributed by atoms with Gasteiger partial charge in [0.2, 0.25) is 15.9 Å². The highest BCUT2D eigenvalue weighted by atomic mass is 32.2. The zero-order valence-corrected chi connectivity index (χ0v) is 12.2. The molecule has 0 saturated carbocycles. The van der Waals surface area contributed by atoms with Gasteiger partial charge in [0, 0.05) is 19.4 Å². The number of carbonyl (C=O) groups excluding carboxylic acids is 1. The van der Waals surface area contributed by atoms with Crippen LogP contribution >= 0.6 is 0 Å². The van der Waals surface area contributed by atoms with E-state index in [4.69, 9.17) is 10.2 Å². The predicted molar refractivity (Wildman–Crippen MR) is 76.0 cm³/mol. The molecule has 0 atom stereocenters. The Bertz CT molecular complexity index is 595. The third kappa shape index (κ3) is 6.87. The molecule has 0 saturated heterocycles. The lowest BCUT2D eigenvalue weighted by atomic mass is 10.1. The van der Waals surface area contributed by atoms with Crippen LogP contribution in [0.15, 0.2) is 29.2 Å². The molecule has 0 unspecified atom stereocenters. The summed E-state index contributed by atoms with van der Waals surface area (Å²) in [4.78, 5) is 21.7. The molecule has 1 rings (SSSR count). The number of carboxylic acids is 1. The van der Waals surface area contributed by atoms with Gasteiger partial charge < -0.3 is 10.4 Å². The van der Waals surface area contributed by atoms with E-state index in [1.54, 1.807) is 12.1 Å². The van der Waals surface area contributed by atoms with E-state index in [9.17, 15) is 18.0 Å². The number of carbonyl (C=O) groups is 2. The molecule has 1 amide bonds. The molecule has 21 heavy (non-hydrogen) atoms. The maximum Gasteiger partial charge on any atom is 0.303 e. The predicted octanol–water partition coefficient (Wildman–Crippen LogP) is 0.248. The average Bonchev–Trinajstić information content (AvgIpc) is 2.38. The van der Waals surface area contributed by atoms with Gasteiger partial charge in [-0.1, -0.05) is 12.1 Å². The highest BCUT2D eigenvalue weighted by Crippen LogP contribution is 2.08. The number of hydrogen-bond donors (Lipinski definition) is 3. The first-order valence-corrected chi connectivity index (χ1v) is 7.94. The van der Waals surface area contributed by atoms with E-state index in [1.807, 2.05) is 0 Å². The van der Waals surface area contributed by atoms with E-state index in [-0.39, 0.29) is 23.6 Å². The number of nitrogens with two attached hydrogens (primary N) is 1. The minimum absolute atomic E-state index is 0.0254. The SMILES string of the molecule is NS(=O)(=O)c1ccc(CCNC(=O)CCCC(=O)O)cc1. The largest absolute Gasteiger partial charge is 0.481 e. The Morgan fingerprint density at radius 3 is 2.29 bits per heavy atom. The van der Waals surface area contributed by atoms with E-state index in [1.165, 1.54) is 12.1 Å². The first-order chi connectivity index (χ1) is 9.79. The average molecular weight is 314 g/mol. The van der Waals surface area contributed by atoms with Gasteiger partial charge in [0.05, 0.1) is 4.90 Å². The number of rotatable bonds is 8. The molecule has 0 radical (unpaired) electrons. The highest BCUT2D eigenvalue weighted by molar-refractivity contribution is 7.89. The highest BCUT2D eigenvalue weighted by Gasteiger charge is 2.07. The van der Waals surface area contributed by atoms with Gasteiger partial charge in [-0.05, 0) is 30.5 Å². The lowest BCUT2D eigenvalue weighted by molar-refractivity contribution is -0.137. The van der Waals surface area contributed by atoms with Crippen LogP contribution in [0.4, 0.5) is 0 Å². The topological polar surface area (TPSA) is 127 Å². The molecule has 0 aromatic heterocycles. The Labute approximate surface area is 123 Å². The van der Waals surface area contributed by atoms with Crippen LogP contribution in [0.3, 0.4) is 0 Å². The van der Waals surface area contributed by atoms with Crippen molar-refractivity contribution in [2.45, 2.75) is 30.6 Å². The Hall–Kier alpha value is -1.93. The number of amides is 1. The van der Waals surface area contributed by atoms with E-state index < -0.39 is 16.0 Å². The third-order valence-electron chi connectivity index (χ3n) is 2.78. The standard InChI is InChI=1S/C13H18N2O5S/c14-21(19,20)11-6-4-10(5-7-11)8-9-15-12(16)2-1-3-13(17)18/h4-7H,1-3,8-9H2,(H,15,16)(H,17,18)(H2,14,19,20). The van der Waals surface area contributed by atoms with Crippen LogP contribution in [0.2, 0.25) is 0 Å². The Morgan fingerprint density at radius 1 is 1.14 bits per heavy atom. The minimum atomic E-state index is -3.69. The number of primary sulfonamides is 1. The van der Waals surface area contributed by atoms with Gasteiger partial charge in [-0.2, -0.15) is 0 Å². The Balaban J connectivity index is 2.32.